The molecule has 0 saturated carbocycles. The van der Waals surface area contributed by atoms with E-state index in [1.54, 1.807) is 42.3 Å². The Bertz CT molecular complexity index is 1060. The molecule has 0 radical (unpaired) electrons. The number of carbonyl (C=O) groups excluding carboxylic acids is 1. The number of nitrogens with one attached hydrogen (secondary N) is 1. The molecule has 0 bridgehead atoms. The van der Waals surface area contributed by atoms with E-state index in [9.17, 15) is 9.18 Å². The van der Waals surface area contributed by atoms with Crippen molar-refractivity contribution in [3.05, 3.63) is 58.9 Å². The highest BCUT2D eigenvalue weighted by atomic mass is 35.5. The number of aromatic nitrogens is 3. The Morgan fingerprint density at radius 1 is 1.35 bits per heavy atom. The summed E-state index contributed by atoms with van der Waals surface area (Å²) >= 11 is 7.33. The summed E-state index contributed by atoms with van der Waals surface area (Å²) in [4.78, 5) is 18.9. The van der Waals surface area contributed by atoms with Crippen LogP contribution in [-0.2, 0) is 9.53 Å². The van der Waals surface area contributed by atoms with Crippen LogP contribution < -0.4 is 4.74 Å². The number of methoxy groups -OCH3 is 1. The monoisotopic (exact) mass is 462 g/mol. The molecule has 3 aromatic rings. The Morgan fingerprint density at radius 3 is 2.94 bits per heavy atom. The van der Waals surface area contributed by atoms with Crippen molar-refractivity contribution in [2.24, 2.45) is 0 Å². The minimum Gasteiger partial charge on any atom is -0.496 e. The van der Waals surface area contributed by atoms with Gasteiger partial charge in [0.2, 0.25) is 11.1 Å². The third-order valence-electron chi connectivity index (χ3n) is 4.87. The van der Waals surface area contributed by atoms with Crippen LogP contribution in [0.5, 0.6) is 5.75 Å². The average molecular weight is 463 g/mol. The van der Waals surface area contributed by atoms with Crippen LogP contribution in [0.3, 0.4) is 0 Å². The van der Waals surface area contributed by atoms with E-state index in [0.29, 0.717) is 47.0 Å². The van der Waals surface area contributed by atoms with Gasteiger partial charge in [0, 0.05) is 11.6 Å². The lowest BCUT2D eigenvalue weighted by Crippen LogP contribution is -2.43. The van der Waals surface area contributed by atoms with Crippen molar-refractivity contribution >= 4 is 29.3 Å². The van der Waals surface area contributed by atoms with Gasteiger partial charge < -0.3 is 14.4 Å². The fourth-order valence-corrected chi connectivity index (χ4v) is 4.14. The predicted octanol–water partition coefficient (Wildman–Crippen LogP) is 3.97. The fraction of sp³-hybridized carbons (Fsp3) is 0.286. The number of hydrogen-bond acceptors (Lipinski definition) is 6. The lowest BCUT2D eigenvalue weighted by Gasteiger charge is -2.33. The van der Waals surface area contributed by atoms with Crippen molar-refractivity contribution < 1.29 is 18.7 Å². The van der Waals surface area contributed by atoms with Crippen LogP contribution in [0.25, 0.3) is 11.4 Å². The first-order valence-corrected chi connectivity index (χ1v) is 10.9. The zero-order chi connectivity index (χ0) is 21.8. The molecule has 7 nitrogen and oxygen atoms in total. The second kappa shape index (κ2) is 9.67. The summed E-state index contributed by atoms with van der Waals surface area (Å²) in [5.41, 5.74) is 1.54. The summed E-state index contributed by atoms with van der Waals surface area (Å²) in [5.74, 6) is 0.989. The van der Waals surface area contributed by atoms with Gasteiger partial charge >= 0.3 is 0 Å². The van der Waals surface area contributed by atoms with Crippen LogP contribution in [0.2, 0.25) is 5.02 Å². The summed E-state index contributed by atoms with van der Waals surface area (Å²) in [7, 11) is 1.57. The number of aromatic amines is 1. The topological polar surface area (TPSA) is 80.3 Å². The first kappa shape index (κ1) is 21.6. The summed E-state index contributed by atoms with van der Waals surface area (Å²) in [5, 5.41) is 8.05. The fourth-order valence-electron chi connectivity index (χ4n) is 3.27. The number of nitrogens with zero attached hydrogens (tertiary/aromatic N) is 3. The van der Waals surface area contributed by atoms with Gasteiger partial charge in [-0.15, -0.1) is 5.10 Å². The van der Waals surface area contributed by atoms with Gasteiger partial charge in [0.05, 0.1) is 31.6 Å². The first-order valence-electron chi connectivity index (χ1n) is 9.57. The van der Waals surface area contributed by atoms with Crippen LogP contribution in [0.15, 0.2) is 47.6 Å². The lowest BCUT2D eigenvalue weighted by molar-refractivity contribution is -0.136. The molecule has 1 aliphatic heterocycles. The van der Waals surface area contributed by atoms with Crippen LogP contribution in [0, 0.1) is 5.82 Å². The predicted molar refractivity (Wildman–Crippen MR) is 116 cm³/mol. The molecule has 31 heavy (non-hydrogen) atoms. The highest BCUT2D eigenvalue weighted by Crippen LogP contribution is 2.31. The maximum absolute atomic E-state index is 13.2. The summed E-state index contributed by atoms with van der Waals surface area (Å²) < 4.78 is 24.3. The Labute approximate surface area is 187 Å². The van der Waals surface area contributed by atoms with Crippen LogP contribution in [0.4, 0.5) is 4.39 Å². The zero-order valence-corrected chi connectivity index (χ0v) is 18.3. The first-order chi connectivity index (χ1) is 15.0. The van der Waals surface area contributed by atoms with Crippen molar-refractivity contribution in [2.45, 2.75) is 11.3 Å². The van der Waals surface area contributed by atoms with Gasteiger partial charge in [-0.2, -0.15) is 0 Å². The number of benzene rings is 2. The highest BCUT2D eigenvalue weighted by Gasteiger charge is 2.25. The van der Waals surface area contributed by atoms with Gasteiger partial charge in [0.25, 0.3) is 0 Å². The Balaban J connectivity index is 1.37. The number of amides is 1. The van der Waals surface area contributed by atoms with Crippen molar-refractivity contribution in [1.82, 2.24) is 20.1 Å². The SMILES string of the molecule is COc1ccc(Cl)cc1-c1nc(SCC(=O)N2CCOC(c3ccc(F)cc3)C2)n[nH]1. The quantitative estimate of drug-likeness (QED) is 0.558. The Kier molecular flexibility index (Phi) is 6.74. The third kappa shape index (κ3) is 5.17. The van der Waals surface area contributed by atoms with Gasteiger partial charge in [-0.3, -0.25) is 9.89 Å². The van der Waals surface area contributed by atoms with Crippen molar-refractivity contribution in [2.75, 3.05) is 32.6 Å². The highest BCUT2D eigenvalue weighted by molar-refractivity contribution is 7.99. The van der Waals surface area contributed by atoms with Crippen LogP contribution in [-0.4, -0.2) is 58.5 Å². The van der Waals surface area contributed by atoms with Crippen molar-refractivity contribution in [3.8, 4) is 17.1 Å². The molecule has 0 spiro atoms. The van der Waals surface area contributed by atoms with Crippen LogP contribution >= 0.6 is 23.4 Å². The normalized spacial score (nSPS) is 16.4. The standard InChI is InChI=1S/C21H20ClFN4O3S/c1-29-17-7-4-14(22)10-16(17)20-24-21(26-25-20)31-12-19(28)27-8-9-30-18(11-27)13-2-5-15(23)6-3-13/h2-7,10,18H,8-9,11-12H2,1H3,(H,24,25,26). The zero-order valence-electron chi connectivity index (χ0n) is 16.7. The third-order valence-corrected chi connectivity index (χ3v) is 5.93. The van der Waals surface area contributed by atoms with Gasteiger partial charge in [0.1, 0.15) is 17.7 Å². The number of H-pyrrole nitrogens is 1. The maximum atomic E-state index is 13.2. The molecular weight excluding hydrogens is 443 g/mol. The second-order valence-electron chi connectivity index (χ2n) is 6.85. The van der Waals surface area contributed by atoms with E-state index >= 15 is 0 Å². The molecule has 2 heterocycles. The largest absolute Gasteiger partial charge is 0.496 e. The number of hydrogen-bond donors (Lipinski definition) is 1. The average Bonchev–Trinajstić information content (AvgIpc) is 3.27. The molecule has 4 rings (SSSR count). The maximum Gasteiger partial charge on any atom is 0.233 e. The number of carbonyl (C=O) groups is 1. The lowest BCUT2D eigenvalue weighted by atomic mass is 10.1. The molecule has 1 saturated heterocycles. The molecule has 1 aromatic heterocycles. The van der Waals surface area contributed by atoms with Crippen molar-refractivity contribution in [1.29, 1.82) is 0 Å². The van der Waals surface area contributed by atoms with Gasteiger partial charge in [-0.1, -0.05) is 35.5 Å². The number of thioether (sulfide) groups is 1. The molecule has 162 valence electrons. The molecule has 0 aliphatic carbocycles. The van der Waals surface area contributed by atoms with E-state index in [1.807, 2.05) is 0 Å². The second-order valence-corrected chi connectivity index (χ2v) is 8.23. The van der Waals surface area contributed by atoms with Gasteiger partial charge in [-0.25, -0.2) is 9.37 Å². The molecule has 1 atom stereocenters. The Morgan fingerprint density at radius 2 is 2.16 bits per heavy atom. The van der Waals surface area contributed by atoms with Gasteiger partial charge in [-0.05, 0) is 35.9 Å². The van der Waals surface area contributed by atoms with E-state index in [-0.39, 0.29) is 23.6 Å². The summed E-state index contributed by atoms with van der Waals surface area (Å²) in [6.07, 6.45) is -0.270. The van der Waals surface area contributed by atoms with Gasteiger partial charge in [0.15, 0.2) is 5.82 Å². The molecule has 1 aliphatic rings. The summed E-state index contributed by atoms with van der Waals surface area (Å²) in [6.45, 7) is 1.36. The minimum absolute atomic E-state index is 0.0351. The summed E-state index contributed by atoms with van der Waals surface area (Å²) in [6, 6.07) is 11.4. The molecule has 1 amide bonds. The van der Waals surface area contributed by atoms with Crippen molar-refractivity contribution in [3.63, 3.8) is 0 Å². The molecule has 1 fully saturated rings. The molecular formula is C21H20ClFN4O3S. The number of rotatable bonds is 6. The van der Waals surface area contributed by atoms with E-state index in [2.05, 4.69) is 15.2 Å². The molecule has 1 N–H and O–H groups in total. The smallest absolute Gasteiger partial charge is 0.233 e. The number of morpholine rings is 1. The molecule has 10 heteroatoms. The van der Waals surface area contributed by atoms with Crippen LogP contribution in [0.1, 0.15) is 11.7 Å². The molecule has 1 unspecified atom stereocenters. The molecule has 2 aromatic carbocycles. The number of halogens is 2. The number of ether oxygens (including phenoxy) is 2. The van der Waals surface area contributed by atoms with E-state index < -0.39 is 0 Å². The Hall–Kier alpha value is -2.62. The van der Waals surface area contributed by atoms with E-state index in [0.717, 1.165) is 5.56 Å². The van der Waals surface area contributed by atoms with E-state index in [4.69, 9.17) is 21.1 Å². The van der Waals surface area contributed by atoms with E-state index in [1.165, 1.54) is 23.9 Å². The minimum atomic E-state index is -0.301.